The van der Waals surface area contributed by atoms with Crippen LogP contribution in [0, 0.1) is 6.92 Å². The number of urea groups is 1. The van der Waals surface area contributed by atoms with Gasteiger partial charge in [-0.3, -0.25) is 14.5 Å². The molecule has 0 aromatic heterocycles. The zero-order valence-corrected chi connectivity index (χ0v) is 13.2. The van der Waals surface area contributed by atoms with Gasteiger partial charge in [-0.05, 0) is 25.5 Å². The van der Waals surface area contributed by atoms with Crippen LogP contribution in [0.15, 0.2) is 24.3 Å². The Kier molecular flexibility index (Phi) is 5.56. The van der Waals surface area contributed by atoms with Crippen LogP contribution >= 0.6 is 0 Å². The smallest absolute Gasteiger partial charge is 0.324 e. The number of nitrogens with zero attached hydrogens (tertiary/aromatic N) is 1. The summed E-state index contributed by atoms with van der Waals surface area (Å²) in [6.45, 7) is 4.23. The van der Waals surface area contributed by atoms with Crippen molar-refractivity contribution in [2.45, 2.75) is 26.4 Å². The maximum atomic E-state index is 12.0. The number of aryl methyl sites for hydroxylation is 1. The molecule has 1 aromatic carbocycles. The van der Waals surface area contributed by atoms with Gasteiger partial charge < -0.3 is 14.8 Å². The van der Waals surface area contributed by atoms with E-state index in [1.54, 1.807) is 0 Å². The molecular formula is C16H20N2O5. The topological polar surface area (TPSA) is 84.9 Å². The summed E-state index contributed by atoms with van der Waals surface area (Å²) in [4.78, 5) is 36.2. The summed E-state index contributed by atoms with van der Waals surface area (Å²) in [6.07, 6.45) is -0.970. The highest BCUT2D eigenvalue weighted by atomic mass is 16.6. The first-order chi connectivity index (χ1) is 11.0. The van der Waals surface area contributed by atoms with E-state index in [0.29, 0.717) is 12.3 Å². The molecule has 23 heavy (non-hydrogen) atoms. The average Bonchev–Trinajstić information content (AvgIpc) is 2.94. The molecule has 1 heterocycles. The molecule has 1 saturated heterocycles. The molecule has 0 saturated carbocycles. The maximum absolute atomic E-state index is 12.0. The van der Waals surface area contributed by atoms with E-state index in [1.807, 2.05) is 31.2 Å². The second-order valence-electron chi connectivity index (χ2n) is 5.22. The fourth-order valence-electron chi connectivity index (χ4n) is 2.17. The van der Waals surface area contributed by atoms with Gasteiger partial charge in [-0.2, -0.15) is 0 Å². The molecule has 1 aliphatic heterocycles. The van der Waals surface area contributed by atoms with Gasteiger partial charge in [0.15, 0.2) is 6.10 Å². The molecule has 0 bridgehead atoms. The number of benzene rings is 1. The van der Waals surface area contributed by atoms with Crippen LogP contribution < -0.4 is 10.1 Å². The SMILES string of the molecule is Cc1ccccc1OCCC(=O)O[C@@H](C)C(=O)N1CCNC1=O. The number of nitrogens with one attached hydrogen (secondary N) is 1. The highest BCUT2D eigenvalue weighted by molar-refractivity contribution is 5.98. The number of carbonyl (C=O) groups excluding carboxylic acids is 3. The van der Waals surface area contributed by atoms with Crippen LogP contribution in [0.3, 0.4) is 0 Å². The summed E-state index contributed by atoms with van der Waals surface area (Å²) in [5.41, 5.74) is 0.976. The Morgan fingerprint density at radius 2 is 2.09 bits per heavy atom. The number of amides is 3. The molecule has 3 amide bonds. The van der Waals surface area contributed by atoms with Crippen LogP contribution in [0.25, 0.3) is 0 Å². The van der Waals surface area contributed by atoms with Gasteiger partial charge in [-0.1, -0.05) is 18.2 Å². The van der Waals surface area contributed by atoms with Gasteiger partial charge in [0.25, 0.3) is 5.91 Å². The molecule has 1 fully saturated rings. The molecule has 1 atom stereocenters. The molecule has 7 nitrogen and oxygen atoms in total. The normalized spacial score (nSPS) is 15.0. The minimum absolute atomic E-state index is 0.0259. The first-order valence-corrected chi connectivity index (χ1v) is 7.46. The number of carbonyl (C=O) groups is 3. The van der Waals surface area contributed by atoms with E-state index >= 15 is 0 Å². The van der Waals surface area contributed by atoms with E-state index in [1.165, 1.54) is 6.92 Å². The maximum Gasteiger partial charge on any atom is 0.324 e. The van der Waals surface area contributed by atoms with Crippen molar-refractivity contribution in [3.8, 4) is 5.75 Å². The van der Waals surface area contributed by atoms with Crippen molar-refractivity contribution < 1.29 is 23.9 Å². The van der Waals surface area contributed by atoms with Gasteiger partial charge in [-0.25, -0.2) is 4.79 Å². The summed E-state index contributed by atoms with van der Waals surface area (Å²) in [5.74, 6) is -0.356. The van der Waals surface area contributed by atoms with Gasteiger partial charge in [0.2, 0.25) is 0 Å². The molecule has 1 aliphatic rings. The first-order valence-electron chi connectivity index (χ1n) is 7.46. The molecule has 124 valence electrons. The van der Waals surface area contributed by atoms with Crippen molar-refractivity contribution >= 4 is 17.9 Å². The highest BCUT2D eigenvalue weighted by Gasteiger charge is 2.31. The predicted molar refractivity (Wildman–Crippen MR) is 82.0 cm³/mol. The van der Waals surface area contributed by atoms with Gasteiger partial charge in [0.1, 0.15) is 5.75 Å². The third kappa shape index (κ3) is 4.45. The lowest BCUT2D eigenvalue weighted by Crippen LogP contribution is -2.41. The molecule has 1 N–H and O–H groups in total. The first kappa shape index (κ1) is 16.8. The lowest BCUT2D eigenvalue weighted by Gasteiger charge is -2.18. The average molecular weight is 320 g/mol. The summed E-state index contributed by atoms with van der Waals surface area (Å²) >= 11 is 0. The van der Waals surface area contributed by atoms with Crippen LogP contribution in [0.4, 0.5) is 4.79 Å². The van der Waals surface area contributed by atoms with Crippen LogP contribution in [0.5, 0.6) is 5.75 Å². The van der Waals surface area contributed by atoms with Crippen molar-refractivity contribution in [1.82, 2.24) is 10.2 Å². The summed E-state index contributed by atoms with van der Waals surface area (Å²) in [5, 5.41) is 2.52. The van der Waals surface area contributed by atoms with Crippen molar-refractivity contribution in [2.75, 3.05) is 19.7 Å². The lowest BCUT2D eigenvalue weighted by molar-refractivity contribution is -0.157. The largest absolute Gasteiger partial charge is 0.493 e. The monoisotopic (exact) mass is 320 g/mol. The summed E-state index contributed by atoms with van der Waals surface area (Å²) < 4.78 is 10.6. The highest BCUT2D eigenvalue weighted by Crippen LogP contribution is 2.16. The number of hydrogen-bond acceptors (Lipinski definition) is 5. The standard InChI is InChI=1S/C16H20N2O5/c1-11-5-3-4-6-13(11)22-10-7-14(19)23-12(2)15(20)18-9-8-17-16(18)21/h3-6,12H,7-10H2,1-2H3,(H,17,21)/t12-/m0/s1. The lowest BCUT2D eigenvalue weighted by atomic mass is 10.2. The number of hydrogen-bond donors (Lipinski definition) is 1. The van der Waals surface area contributed by atoms with Gasteiger partial charge >= 0.3 is 12.0 Å². The summed E-state index contributed by atoms with van der Waals surface area (Å²) in [6, 6.07) is 7.02. The van der Waals surface area contributed by atoms with Crippen molar-refractivity contribution in [1.29, 1.82) is 0 Å². The Morgan fingerprint density at radius 1 is 1.35 bits per heavy atom. The second-order valence-corrected chi connectivity index (χ2v) is 5.22. The van der Waals surface area contributed by atoms with Gasteiger partial charge in [0.05, 0.1) is 13.0 Å². The third-order valence-corrected chi connectivity index (χ3v) is 3.44. The zero-order valence-electron chi connectivity index (χ0n) is 13.2. The van der Waals surface area contributed by atoms with Gasteiger partial charge in [-0.15, -0.1) is 0 Å². The molecule has 0 aliphatic carbocycles. The van der Waals surface area contributed by atoms with E-state index in [-0.39, 0.29) is 19.6 Å². The number of para-hydroxylation sites is 1. The van der Waals surface area contributed by atoms with E-state index in [0.717, 1.165) is 10.5 Å². The zero-order chi connectivity index (χ0) is 16.8. The second kappa shape index (κ2) is 7.62. The summed E-state index contributed by atoms with van der Waals surface area (Å²) in [7, 11) is 0. The van der Waals surface area contributed by atoms with Crippen LogP contribution in [-0.4, -0.2) is 48.6 Å². The Hall–Kier alpha value is -2.57. The number of ether oxygens (including phenoxy) is 2. The molecule has 0 unspecified atom stereocenters. The Morgan fingerprint density at radius 3 is 2.74 bits per heavy atom. The fourth-order valence-corrected chi connectivity index (χ4v) is 2.17. The van der Waals surface area contributed by atoms with Crippen molar-refractivity contribution in [3.05, 3.63) is 29.8 Å². The van der Waals surface area contributed by atoms with E-state index in [4.69, 9.17) is 9.47 Å². The minimum atomic E-state index is -0.996. The van der Waals surface area contributed by atoms with Crippen LogP contribution in [0.2, 0.25) is 0 Å². The van der Waals surface area contributed by atoms with E-state index in [9.17, 15) is 14.4 Å². The Balaban J connectivity index is 1.75. The number of esters is 1. The number of rotatable bonds is 6. The molecule has 0 radical (unpaired) electrons. The molecule has 2 rings (SSSR count). The molecule has 7 heteroatoms. The van der Waals surface area contributed by atoms with E-state index in [2.05, 4.69) is 5.32 Å². The van der Waals surface area contributed by atoms with Crippen molar-refractivity contribution in [3.63, 3.8) is 0 Å². The minimum Gasteiger partial charge on any atom is -0.493 e. The molecular weight excluding hydrogens is 300 g/mol. The number of imide groups is 1. The third-order valence-electron chi connectivity index (χ3n) is 3.44. The van der Waals surface area contributed by atoms with Gasteiger partial charge in [0, 0.05) is 13.1 Å². The van der Waals surface area contributed by atoms with Crippen molar-refractivity contribution in [2.24, 2.45) is 0 Å². The predicted octanol–water partition coefficient (Wildman–Crippen LogP) is 1.25. The van der Waals surface area contributed by atoms with Crippen LogP contribution in [-0.2, 0) is 14.3 Å². The quantitative estimate of drug-likeness (QED) is 0.797. The Labute approximate surface area is 134 Å². The Bertz CT molecular complexity index is 602. The fraction of sp³-hybridized carbons (Fsp3) is 0.438. The molecule has 0 spiro atoms. The molecule has 1 aromatic rings. The van der Waals surface area contributed by atoms with E-state index < -0.39 is 24.0 Å². The van der Waals surface area contributed by atoms with Crippen LogP contribution in [0.1, 0.15) is 18.9 Å².